The van der Waals surface area contributed by atoms with E-state index in [0.717, 1.165) is 22.8 Å². The number of nitrogens with two attached hydrogens (primary N) is 1. The number of hydrogen-bond donors (Lipinski definition) is 1. The number of halogens is 1. The average Bonchev–Trinajstić information content (AvgIpc) is 2.58. The van der Waals surface area contributed by atoms with Crippen molar-refractivity contribution in [2.75, 3.05) is 0 Å². The molecule has 17 heavy (non-hydrogen) atoms. The normalized spacial score (nSPS) is 10.5. The average molecular weight is 311 g/mol. The number of nitrogens with zero attached hydrogens (tertiary/aromatic N) is 1. The van der Waals surface area contributed by atoms with Crippen molar-refractivity contribution in [3.63, 3.8) is 0 Å². The van der Waals surface area contributed by atoms with E-state index < -0.39 is 5.91 Å². The summed E-state index contributed by atoms with van der Waals surface area (Å²) in [5.41, 5.74) is 9.37. The molecular weight excluding hydrogens is 300 g/mol. The predicted molar refractivity (Wildman–Crippen MR) is 73.2 cm³/mol. The van der Waals surface area contributed by atoms with Crippen molar-refractivity contribution >= 4 is 33.4 Å². The van der Waals surface area contributed by atoms with Gasteiger partial charge in [0.15, 0.2) is 0 Å². The molecule has 1 aromatic carbocycles. The van der Waals surface area contributed by atoms with E-state index in [1.54, 1.807) is 0 Å². The fraction of sp³-hybridized carbons (Fsp3) is 0.167. The zero-order valence-corrected chi connectivity index (χ0v) is 11.9. The van der Waals surface area contributed by atoms with Gasteiger partial charge in [-0.2, -0.15) is 4.37 Å². The molecule has 0 aliphatic heterocycles. The number of aromatic nitrogens is 1. The first-order valence-corrected chi connectivity index (χ1v) is 6.59. The molecule has 0 aliphatic rings. The molecule has 0 aliphatic carbocycles. The van der Waals surface area contributed by atoms with Gasteiger partial charge in [0.25, 0.3) is 5.91 Å². The van der Waals surface area contributed by atoms with Gasteiger partial charge in [-0.1, -0.05) is 17.2 Å². The minimum atomic E-state index is -0.454. The maximum Gasteiger partial charge on any atom is 0.261 e. The first-order chi connectivity index (χ1) is 7.99. The SMILES string of the molecule is Cc1cc(C)cc(-c2nsc(C(N)=O)c2Br)c1. The fourth-order valence-corrected chi connectivity index (χ4v) is 3.22. The Morgan fingerprint density at radius 3 is 2.35 bits per heavy atom. The summed E-state index contributed by atoms with van der Waals surface area (Å²) < 4.78 is 4.96. The van der Waals surface area contributed by atoms with E-state index in [0.29, 0.717) is 9.35 Å². The topological polar surface area (TPSA) is 56.0 Å². The van der Waals surface area contributed by atoms with Crippen LogP contribution >= 0.6 is 27.5 Å². The van der Waals surface area contributed by atoms with Gasteiger partial charge < -0.3 is 5.73 Å². The van der Waals surface area contributed by atoms with Crippen molar-refractivity contribution in [2.24, 2.45) is 5.73 Å². The lowest BCUT2D eigenvalue weighted by Gasteiger charge is -2.02. The molecular formula is C12H11BrN2OS. The van der Waals surface area contributed by atoms with Gasteiger partial charge in [0.1, 0.15) is 4.88 Å². The van der Waals surface area contributed by atoms with E-state index >= 15 is 0 Å². The third-order valence-corrected chi connectivity index (χ3v) is 4.25. The van der Waals surface area contributed by atoms with Crippen molar-refractivity contribution in [3.05, 3.63) is 38.7 Å². The van der Waals surface area contributed by atoms with Crippen molar-refractivity contribution in [1.29, 1.82) is 0 Å². The van der Waals surface area contributed by atoms with Crippen LogP contribution in [0.4, 0.5) is 0 Å². The summed E-state index contributed by atoms with van der Waals surface area (Å²) in [6.07, 6.45) is 0. The molecule has 1 amide bonds. The summed E-state index contributed by atoms with van der Waals surface area (Å²) in [5, 5.41) is 0. The van der Waals surface area contributed by atoms with Crippen LogP contribution < -0.4 is 5.73 Å². The third-order valence-electron chi connectivity index (χ3n) is 2.35. The highest BCUT2D eigenvalue weighted by Crippen LogP contribution is 2.33. The van der Waals surface area contributed by atoms with Crippen LogP contribution in [0.2, 0.25) is 0 Å². The molecule has 1 aromatic heterocycles. The van der Waals surface area contributed by atoms with Crippen LogP contribution in [-0.4, -0.2) is 10.3 Å². The number of hydrogen-bond acceptors (Lipinski definition) is 3. The molecule has 0 bridgehead atoms. The molecule has 3 nitrogen and oxygen atoms in total. The quantitative estimate of drug-likeness (QED) is 0.925. The van der Waals surface area contributed by atoms with Crippen molar-refractivity contribution < 1.29 is 4.79 Å². The Bertz CT molecular complexity index is 572. The Kier molecular flexibility index (Phi) is 3.31. The van der Waals surface area contributed by atoms with E-state index in [2.05, 4.69) is 26.4 Å². The van der Waals surface area contributed by atoms with Gasteiger partial charge in [-0.05, 0) is 53.4 Å². The molecule has 2 aromatic rings. The van der Waals surface area contributed by atoms with E-state index in [9.17, 15) is 4.79 Å². The maximum absolute atomic E-state index is 11.2. The van der Waals surface area contributed by atoms with Gasteiger partial charge in [0, 0.05) is 5.56 Å². The minimum absolute atomic E-state index is 0.454. The molecule has 5 heteroatoms. The summed E-state index contributed by atoms with van der Waals surface area (Å²) in [6.45, 7) is 4.07. The standard InChI is InChI=1S/C12H11BrN2OS/c1-6-3-7(2)5-8(4-6)10-9(13)11(12(14)16)17-15-10/h3-5H,1-2H3,(H2,14,16). The number of aryl methyl sites for hydroxylation is 2. The Balaban J connectivity index is 2.57. The fourth-order valence-electron chi connectivity index (χ4n) is 1.72. The molecule has 0 unspecified atom stereocenters. The van der Waals surface area contributed by atoms with Crippen LogP contribution in [0.1, 0.15) is 20.8 Å². The predicted octanol–water partition coefficient (Wildman–Crippen LogP) is 3.29. The highest BCUT2D eigenvalue weighted by atomic mass is 79.9. The monoisotopic (exact) mass is 310 g/mol. The zero-order valence-electron chi connectivity index (χ0n) is 9.45. The second-order valence-electron chi connectivity index (χ2n) is 3.91. The number of carbonyl (C=O) groups excluding carboxylic acids is 1. The van der Waals surface area contributed by atoms with Gasteiger partial charge in [-0.25, -0.2) is 0 Å². The van der Waals surface area contributed by atoms with Crippen molar-refractivity contribution in [2.45, 2.75) is 13.8 Å². The highest BCUT2D eigenvalue weighted by molar-refractivity contribution is 9.10. The lowest BCUT2D eigenvalue weighted by Crippen LogP contribution is -2.09. The van der Waals surface area contributed by atoms with Crippen LogP contribution in [0.3, 0.4) is 0 Å². The number of rotatable bonds is 2. The van der Waals surface area contributed by atoms with Crippen molar-refractivity contribution in [3.8, 4) is 11.3 Å². The summed E-state index contributed by atoms with van der Waals surface area (Å²) in [5.74, 6) is -0.454. The van der Waals surface area contributed by atoms with E-state index in [1.165, 1.54) is 11.1 Å². The Labute approximate surface area is 112 Å². The van der Waals surface area contributed by atoms with Crippen LogP contribution in [0.25, 0.3) is 11.3 Å². The molecule has 2 rings (SSSR count). The number of carbonyl (C=O) groups is 1. The Hall–Kier alpha value is -1.20. The van der Waals surface area contributed by atoms with E-state index in [-0.39, 0.29) is 0 Å². The number of amides is 1. The summed E-state index contributed by atoms with van der Waals surface area (Å²) in [7, 11) is 0. The lowest BCUT2D eigenvalue weighted by atomic mass is 10.1. The van der Waals surface area contributed by atoms with Crippen LogP contribution in [0, 0.1) is 13.8 Å². The number of primary amides is 1. The Morgan fingerprint density at radius 2 is 1.88 bits per heavy atom. The van der Waals surface area contributed by atoms with E-state index in [1.807, 2.05) is 26.0 Å². The Morgan fingerprint density at radius 1 is 1.29 bits per heavy atom. The molecule has 0 saturated heterocycles. The maximum atomic E-state index is 11.2. The summed E-state index contributed by atoms with van der Waals surface area (Å²) in [6, 6.07) is 6.17. The molecule has 88 valence electrons. The molecule has 2 N–H and O–H groups in total. The molecule has 0 saturated carbocycles. The third kappa shape index (κ3) is 2.40. The molecule has 1 heterocycles. The van der Waals surface area contributed by atoms with Crippen molar-refractivity contribution in [1.82, 2.24) is 4.37 Å². The van der Waals surface area contributed by atoms with Gasteiger partial charge in [-0.3, -0.25) is 4.79 Å². The van der Waals surface area contributed by atoms with Crippen LogP contribution in [0.15, 0.2) is 22.7 Å². The van der Waals surface area contributed by atoms with Crippen LogP contribution in [-0.2, 0) is 0 Å². The number of benzene rings is 1. The first kappa shape index (κ1) is 12.3. The molecule has 0 atom stereocenters. The second-order valence-corrected chi connectivity index (χ2v) is 5.48. The molecule has 0 fully saturated rings. The second kappa shape index (κ2) is 4.58. The largest absolute Gasteiger partial charge is 0.365 e. The zero-order chi connectivity index (χ0) is 12.6. The summed E-state index contributed by atoms with van der Waals surface area (Å²) in [4.78, 5) is 11.6. The van der Waals surface area contributed by atoms with Gasteiger partial charge in [-0.15, -0.1) is 0 Å². The smallest absolute Gasteiger partial charge is 0.261 e. The minimum Gasteiger partial charge on any atom is -0.365 e. The first-order valence-electron chi connectivity index (χ1n) is 5.02. The van der Waals surface area contributed by atoms with Gasteiger partial charge in [0.05, 0.1) is 10.2 Å². The van der Waals surface area contributed by atoms with Gasteiger partial charge in [0.2, 0.25) is 0 Å². The summed E-state index contributed by atoms with van der Waals surface area (Å²) >= 11 is 4.50. The van der Waals surface area contributed by atoms with Gasteiger partial charge >= 0.3 is 0 Å². The lowest BCUT2D eigenvalue weighted by molar-refractivity contribution is 0.100. The molecule has 0 spiro atoms. The van der Waals surface area contributed by atoms with E-state index in [4.69, 9.17) is 5.73 Å². The van der Waals surface area contributed by atoms with Crippen LogP contribution in [0.5, 0.6) is 0 Å². The molecule has 0 radical (unpaired) electrons. The highest BCUT2D eigenvalue weighted by Gasteiger charge is 2.16.